The van der Waals surface area contributed by atoms with Crippen LogP contribution in [-0.4, -0.2) is 13.2 Å². The quantitative estimate of drug-likeness (QED) is 0.702. The SMILES string of the molecule is CCCOCc1ccc(CCN)cc1. The fourth-order valence-electron chi connectivity index (χ4n) is 1.30. The Morgan fingerprint density at radius 1 is 1.14 bits per heavy atom. The van der Waals surface area contributed by atoms with E-state index in [0.29, 0.717) is 6.54 Å². The highest BCUT2D eigenvalue weighted by Crippen LogP contribution is 2.06. The largest absolute Gasteiger partial charge is 0.377 e. The summed E-state index contributed by atoms with van der Waals surface area (Å²) in [6, 6.07) is 8.47. The molecule has 0 aliphatic heterocycles. The van der Waals surface area contributed by atoms with E-state index in [1.807, 2.05) is 0 Å². The molecule has 0 unspecified atom stereocenters. The first-order chi connectivity index (χ1) is 6.86. The van der Waals surface area contributed by atoms with E-state index in [-0.39, 0.29) is 0 Å². The maximum Gasteiger partial charge on any atom is 0.0716 e. The van der Waals surface area contributed by atoms with Crippen molar-refractivity contribution in [2.45, 2.75) is 26.4 Å². The van der Waals surface area contributed by atoms with Gasteiger partial charge in [0.15, 0.2) is 0 Å². The van der Waals surface area contributed by atoms with Crippen LogP contribution < -0.4 is 5.73 Å². The second-order valence-electron chi connectivity index (χ2n) is 3.41. The van der Waals surface area contributed by atoms with Crippen LogP contribution in [0.5, 0.6) is 0 Å². The van der Waals surface area contributed by atoms with Crippen LogP contribution >= 0.6 is 0 Å². The summed E-state index contributed by atoms with van der Waals surface area (Å²) in [6.07, 6.45) is 2.03. The number of nitrogens with two attached hydrogens (primary N) is 1. The predicted octanol–water partition coefficient (Wildman–Crippen LogP) is 2.11. The van der Waals surface area contributed by atoms with E-state index in [4.69, 9.17) is 10.5 Å². The fourth-order valence-corrected chi connectivity index (χ4v) is 1.30. The Hall–Kier alpha value is -0.860. The van der Waals surface area contributed by atoms with Gasteiger partial charge in [0, 0.05) is 6.61 Å². The summed E-state index contributed by atoms with van der Waals surface area (Å²) in [5.41, 5.74) is 8.01. The van der Waals surface area contributed by atoms with Crippen molar-refractivity contribution in [1.82, 2.24) is 0 Å². The van der Waals surface area contributed by atoms with Crippen LogP contribution in [0.25, 0.3) is 0 Å². The van der Waals surface area contributed by atoms with Crippen LogP contribution in [0.1, 0.15) is 24.5 Å². The molecule has 0 saturated heterocycles. The van der Waals surface area contributed by atoms with Gasteiger partial charge in [0.05, 0.1) is 6.61 Å². The summed E-state index contributed by atoms with van der Waals surface area (Å²) >= 11 is 0. The fraction of sp³-hybridized carbons (Fsp3) is 0.500. The summed E-state index contributed by atoms with van der Waals surface area (Å²) in [5, 5.41) is 0. The van der Waals surface area contributed by atoms with Gasteiger partial charge in [-0.15, -0.1) is 0 Å². The lowest BCUT2D eigenvalue weighted by atomic mass is 10.1. The van der Waals surface area contributed by atoms with Crippen molar-refractivity contribution in [3.05, 3.63) is 35.4 Å². The Labute approximate surface area is 86.1 Å². The van der Waals surface area contributed by atoms with Crippen LogP contribution in [0.3, 0.4) is 0 Å². The zero-order chi connectivity index (χ0) is 10.2. The summed E-state index contributed by atoms with van der Waals surface area (Å²) in [7, 11) is 0. The predicted molar refractivity (Wildman–Crippen MR) is 59.1 cm³/mol. The topological polar surface area (TPSA) is 35.2 Å². The van der Waals surface area contributed by atoms with Gasteiger partial charge >= 0.3 is 0 Å². The highest BCUT2D eigenvalue weighted by Gasteiger charge is 1.94. The number of hydrogen-bond donors (Lipinski definition) is 1. The average Bonchev–Trinajstić information content (AvgIpc) is 2.21. The molecule has 0 aliphatic rings. The Balaban J connectivity index is 2.38. The molecule has 0 radical (unpaired) electrons. The zero-order valence-electron chi connectivity index (χ0n) is 8.83. The third-order valence-electron chi connectivity index (χ3n) is 2.07. The molecule has 0 fully saturated rings. The molecule has 0 aromatic heterocycles. The minimum absolute atomic E-state index is 0.714. The van der Waals surface area contributed by atoms with E-state index in [0.717, 1.165) is 26.1 Å². The first-order valence-electron chi connectivity index (χ1n) is 5.22. The van der Waals surface area contributed by atoms with Crippen molar-refractivity contribution in [3.63, 3.8) is 0 Å². The highest BCUT2D eigenvalue weighted by molar-refractivity contribution is 5.22. The molecular weight excluding hydrogens is 174 g/mol. The van der Waals surface area contributed by atoms with E-state index in [9.17, 15) is 0 Å². The second-order valence-corrected chi connectivity index (χ2v) is 3.41. The third-order valence-corrected chi connectivity index (χ3v) is 2.07. The Kier molecular flexibility index (Phi) is 5.27. The van der Waals surface area contributed by atoms with Crippen molar-refractivity contribution >= 4 is 0 Å². The molecule has 14 heavy (non-hydrogen) atoms. The van der Waals surface area contributed by atoms with Crippen LogP contribution in [-0.2, 0) is 17.8 Å². The van der Waals surface area contributed by atoms with Gasteiger partial charge in [-0.1, -0.05) is 31.2 Å². The van der Waals surface area contributed by atoms with Crippen LogP contribution in [0.15, 0.2) is 24.3 Å². The minimum Gasteiger partial charge on any atom is -0.377 e. The molecule has 1 rings (SSSR count). The van der Waals surface area contributed by atoms with Gasteiger partial charge in [0.2, 0.25) is 0 Å². The number of rotatable bonds is 6. The lowest BCUT2D eigenvalue weighted by Gasteiger charge is -2.04. The second kappa shape index (κ2) is 6.57. The van der Waals surface area contributed by atoms with Crippen LogP contribution in [0, 0.1) is 0 Å². The number of benzene rings is 1. The maximum atomic E-state index is 5.47. The van der Waals surface area contributed by atoms with Gasteiger partial charge < -0.3 is 10.5 Å². The van der Waals surface area contributed by atoms with E-state index in [1.54, 1.807) is 0 Å². The van der Waals surface area contributed by atoms with Crippen molar-refractivity contribution in [3.8, 4) is 0 Å². The van der Waals surface area contributed by atoms with Crippen molar-refractivity contribution in [2.75, 3.05) is 13.2 Å². The first-order valence-corrected chi connectivity index (χ1v) is 5.22. The Morgan fingerprint density at radius 3 is 2.36 bits per heavy atom. The van der Waals surface area contributed by atoms with Crippen molar-refractivity contribution in [1.29, 1.82) is 0 Å². The number of ether oxygens (including phenoxy) is 1. The zero-order valence-corrected chi connectivity index (χ0v) is 8.83. The van der Waals surface area contributed by atoms with Gasteiger partial charge in [-0.25, -0.2) is 0 Å². The molecular formula is C12H19NO. The third kappa shape index (κ3) is 3.90. The minimum atomic E-state index is 0.714. The van der Waals surface area contributed by atoms with Gasteiger partial charge in [0.25, 0.3) is 0 Å². The first kappa shape index (κ1) is 11.2. The summed E-state index contributed by atoms with van der Waals surface area (Å²) < 4.78 is 5.44. The smallest absolute Gasteiger partial charge is 0.0716 e. The molecule has 1 aromatic carbocycles. The molecule has 0 atom stereocenters. The van der Waals surface area contributed by atoms with Gasteiger partial charge in [-0.05, 0) is 30.5 Å². The summed E-state index contributed by atoms with van der Waals surface area (Å²) in [6.45, 7) is 4.39. The van der Waals surface area contributed by atoms with Crippen molar-refractivity contribution in [2.24, 2.45) is 5.73 Å². The molecule has 0 aliphatic carbocycles. The average molecular weight is 193 g/mol. The van der Waals surface area contributed by atoms with Crippen molar-refractivity contribution < 1.29 is 4.74 Å². The van der Waals surface area contributed by atoms with Crippen LogP contribution in [0.4, 0.5) is 0 Å². The van der Waals surface area contributed by atoms with E-state index in [1.165, 1.54) is 11.1 Å². The normalized spacial score (nSPS) is 10.4. The Morgan fingerprint density at radius 2 is 1.79 bits per heavy atom. The van der Waals surface area contributed by atoms with E-state index < -0.39 is 0 Å². The molecule has 2 N–H and O–H groups in total. The lowest BCUT2D eigenvalue weighted by Crippen LogP contribution is -2.02. The standard InChI is InChI=1S/C12H19NO/c1-2-9-14-10-12-5-3-11(4-6-12)7-8-13/h3-6H,2,7-10,13H2,1H3. The molecule has 1 aromatic rings. The van der Waals surface area contributed by atoms with E-state index >= 15 is 0 Å². The lowest BCUT2D eigenvalue weighted by molar-refractivity contribution is 0.121. The van der Waals surface area contributed by atoms with Gasteiger partial charge in [-0.2, -0.15) is 0 Å². The van der Waals surface area contributed by atoms with E-state index in [2.05, 4.69) is 31.2 Å². The van der Waals surface area contributed by atoms with Gasteiger partial charge in [-0.3, -0.25) is 0 Å². The molecule has 2 heteroatoms. The molecule has 78 valence electrons. The molecule has 0 spiro atoms. The highest BCUT2D eigenvalue weighted by atomic mass is 16.5. The Bertz CT molecular complexity index is 243. The molecule has 0 amide bonds. The maximum absolute atomic E-state index is 5.47. The van der Waals surface area contributed by atoms with Gasteiger partial charge in [0.1, 0.15) is 0 Å². The molecule has 2 nitrogen and oxygen atoms in total. The molecule has 0 saturated carbocycles. The van der Waals surface area contributed by atoms with Crippen LogP contribution in [0.2, 0.25) is 0 Å². The monoisotopic (exact) mass is 193 g/mol. The summed E-state index contributed by atoms with van der Waals surface area (Å²) in [4.78, 5) is 0. The molecule has 0 heterocycles. The number of hydrogen-bond acceptors (Lipinski definition) is 2. The summed E-state index contributed by atoms with van der Waals surface area (Å²) in [5.74, 6) is 0. The molecule has 0 bridgehead atoms.